The highest BCUT2D eigenvalue weighted by atomic mass is 16.5. The van der Waals surface area contributed by atoms with Gasteiger partial charge in [-0.2, -0.15) is 0 Å². The largest absolute Gasteiger partial charge is 0.481 e. The molecule has 2 N–H and O–H groups in total. The van der Waals surface area contributed by atoms with Gasteiger partial charge in [-0.15, -0.1) is 0 Å². The fraction of sp³-hybridized carbons (Fsp3) is 0.182. The molecule has 0 fully saturated rings. The summed E-state index contributed by atoms with van der Waals surface area (Å²) in [6.07, 6.45) is 3.64. The summed E-state index contributed by atoms with van der Waals surface area (Å²) in [5.74, 6) is 0.617. The number of hydrogen-bond donors (Lipinski definition) is 2. The van der Waals surface area contributed by atoms with Gasteiger partial charge < -0.3 is 15.0 Å². The summed E-state index contributed by atoms with van der Waals surface area (Å²) < 4.78 is 4.98. The van der Waals surface area contributed by atoms with E-state index in [9.17, 15) is 0 Å². The molecular formula is C11H13N3O. The van der Waals surface area contributed by atoms with Crippen molar-refractivity contribution in [1.82, 2.24) is 9.97 Å². The Balaban J connectivity index is 2.14. The second-order valence-corrected chi connectivity index (χ2v) is 3.23. The van der Waals surface area contributed by atoms with Gasteiger partial charge in [0.25, 0.3) is 0 Å². The third-order valence-electron chi connectivity index (χ3n) is 2.18. The van der Waals surface area contributed by atoms with E-state index in [0.717, 1.165) is 17.1 Å². The molecule has 0 radical (unpaired) electrons. The molecule has 0 amide bonds. The van der Waals surface area contributed by atoms with Crippen LogP contribution in [0.3, 0.4) is 0 Å². The SMILES string of the molecule is COc1ccc(Nc2cc[nH]c2C)cn1. The van der Waals surface area contributed by atoms with Crippen LogP contribution in [-0.2, 0) is 0 Å². The monoisotopic (exact) mass is 203 g/mol. The van der Waals surface area contributed by atoms with Crippen LogP contribution in [0, 0.1) is 6.92 Å². The summed E-state index contributed by atoms with van der Waals surface area (Å²) in [5, 5.41) is 3.25. The number of aromatic nitrogens is 2. The number of methoxy groups -OCH3 is 1. The Morgan fingerprint density at radius 2 is 2.20 bits per heavy atom. The lowest BCUT2D eigenvalue weighted by atomic mass is 10.3. The maximum absolute atomic E-state index is 4.98. The first kappa shape index (κ1) is 9.58. The minimum atomic E-state index is 0.617. The van der Waals surface area contributed by atoms with Crippen LogP contribution in [0.15, 0.2) is 30.6 Å². The molecule has 4 heteroatoms. The Labute approximate surface area is 88.3 Å². The first-order valence-electron chi connectivity index (χ1n) is 4.70. The number of rotatable bonds is 3. The van der Waals surface area contributed by atoms with E-state index in [4.69, 9.17) is 4.74 Å². The Bertz CT molecular complexity index is 433. The minimum Gasteiger partial charge on any atom is -0.481 e. The van der Waals surface area contributed by atoms with Gasteiger partial charge in [0.1, 0.15) is 0 Å². The van der Waals surface area contributed by atoms with Gasteiger partial charge in [-0.1, -0.05) is 0 Å². The summed E-state index contributed by atoms with van der Waals surface area (Å²) in [6, 6.07) is 5.74. The number of ether oxygens (including phenoxy) is 1. The maximum Gasteiger partial charge on any atom is 0.213 e. The molecule has 0 spiro atoms. The molecule has 0 aliphatic heterocycles. The first-order chi connectivity index (χ1) is 7.29. The number of nitrogens with zero attached hydrogens (tertiary/aromatic N) is 1. The normalized spacial score (nSPS) is 10.0. The van der Waals surface area contributed by atoms with Crippen molar-refractivity contribution in [2.45, 2.75) is 6.92 Å². The van der Waals surface area contributed by atoms with E-state index in [1.165, 1.54) is 0 Å². The zero-order valence-corrected chi connectivity index (χ0v) is 8.74. The Hall–Kier alpha value is -1.97. The van der Waals surface area contributed by atoms with Gasteiger partial charge in [-0.25, -0.2) is 4.98 Å². The second kappa shape index (κ2) is 4.04. The molecule has 15 heavy (non-hydrogen) atoms. The lowest BCUT2D eigenvalue weighted by Gasteiger charge is -2.05. The number of pyridine rings is 1. The van der Waals surface area contributed by atoms with Crippen LogP contribution in [0.25, 0.3) is 0 Å². The van der Waals surface area contributed by atoms with E-state index in [1.54, 1.807) is 13.3 Å². The van der Waals surface area contributed by atoms with Crippen molar-refractivity contribution in [3.63, 3.8) is 0 Å². The highest BCUT2D eigenvalue weighted by Gasteiger charge is 1.99. The molecule has 4 nitrogen and oxygen atoms in total. The van der Waals surface area contributed by atoms with Crippen molar-refractivity contribution < 1.29 is 4.74 Å². The Kier molecular flexibility index (Phi) is 2.58. The summed E-state index contributed by atoms with van der Waals surface area (Å²) in [6.45, 7) is 2.01. The smallest absolute Gasteiger partial charge is 0.213 e. The van der Waals surface area contributed by atoms with Crippen LogP contribution in [0.1, 0.15) is 5.69 Å². The molecule has 0 aromatic carbocycles. The molecule has 0 atom stereocenters. The molecule has 0 saturated carbocycles. The van der Waals surface area contributed by atoms with Gasteiger partial charge in [0.2, 0.25) is 5.88 Å². The fourth-order valence-electron chi connectivity index (χ4n) is 1.32. The van der Waals surface area contributed by atoms with Crippen LogP contribution in [0.5, 0.6) is 5.88 Å². The third-order valence-corrected chi connectivity index (χ3v) is 2.18. The van der Waals surface area contributed by atoms with E-state index >= 15 is 0 Å². The number of hydrogen-bond acceptors (Lipinski definition) is 3. The number of anilines is 2. The molecule has 2 rings (SSSR count). The molecule has 2 heterocycles. The summed E-state index contributed by atoms with van der Waals surface area (Å²) in [5.41, 5.74) is 3.10. The first-order valence-corrected chi connectivity index (χ1v) is 4.70. The molecule has 2 aromatic heterocycles. The van der Waals surface area contributed by atoms with Gasteiger partial charge in [0.15, 0.2) is 0 Å². The number of H-pyrrole nitrogens is 1. The quantitative estimate of drug-likeness (QED) is 0.805. The molecule has 0 saturated heterocycles. The second-order valence-electron chi connectivity index (χ2n) is 3.23. The highest BCUT2D eigenvalue weighted by molar-refractivity contribution is 5.61. The van der Waals surface area contributed by atoms with Gasteiger partial charge in [0.05, 0.1) is 24.7 Å². The van der Waals surface area contributed by atoms with Crippen molar-refractivity contribution in [2.75, 3.05) is 12.4 Å². The number of aromatic amines is 1. The van der Waals surface area contributed by atoms with Crippen LogP contribution in [0.4, 0.5) is 11.4 Å². The fourth-order valence-corrected chi connectivity index (χ4v) is 1.32. The molecular weight excluding hydrogens is 190 g/mol. The molecule has 0 unspecified atom stereocenters. The van der Waals surface area contributed by atoms with Crippen molar-refractivity contribution in [3.05, 3.63) is 36.3 Å². The third kappa shape index (κ3) is 2.10. The van der Waals surface area contributed by atoms with E-state index < -0.39 is 0 Å². The van der Waals surface area contributed by atoms with E-state index in [2.05, 4.69) is 15.3 Å². The lowest BCUT2D eigenvalue weighted by Crippen LogP contribution is -1.93. The standard InChI is InChI=1S/C11H13N3O/c1-8-10(5-6-12-8)14-9-3-4-11(15-2)13-7-9/h3-7,12,14H,1-2H3. The van der Waals surface area contributed by atoms with Crippen molar-refractivity contribution >= 4 is 11.4 Å². The summed E-state index contributed by atoms with van der Waals surface area (Å²) >= 11 is 0. The molecule has 0 aliphatic rings. The van der Waals surface area contributed by atoms with Gasteiger partial charge >= 0.3 is 0 Å². The Morgan fingerprint density at radius 3 is 2.73 bits per heavy atom. The van der Waals surface area contributed by atoms with Crippen LogP contribution >= 0.6 is 0 Å². The average molecular weight is 203 g/mol. The zero-order chi connectivity index (χ0) is 10.7. The van der Waals surface area contributed by atoms with Gasteiger partial charge in [0, 0.05) is 18.0 Å². The Morgan fingerprint density at radius 1 is 1.33 bits per heavy atom. The summed E-state index contributed by atoms with van der Waals surface area (Å²) in [7, 11) is 1.60. The average Bonchev–Trinajstić information content (AvgIpc) is 2.66. The predicted octanol–water partition coefficient (Wildman–Crippen LogP) is 2.47. The lowest BCUT2D eigenvalue weighted by molar-refractivity contribution is 0.398. The number of aryl methyl sites for hydroxylation is 1. The maximum atomic E-state index is 4.98. The van der Waals surface area contributed by atoms with Crippen molar-refractivity contribution in [2.24, 2.45) is 0 Å². The minimum absolute atomic E-state index is 0.617. The van der Waals surface area contributed by atoms with Crippen molar-refractivity contribution in [3.8, 4) is 5.88 Å². The van der Waals surface area contributed by atoms with E-state index in [1.807, 2.05) is 31.3 Å². The summed E-state index contributed by atoms with van der Waals surface area (Å²) in [4.78, 5) is 7.22. The topological polar surface area (TPSA) is 49.9 Å². The van der Waals surface area contributed by atoms with Gasteiger partial charge in [-0.3, -0.25) is 0 Å². The van der Waals surface area contributed by atoms with E-state index in [-0.39, 0.29) is 0 Å². The number of nitrogens with one attached hydrogen (secondary N) is 2. The highest BCUT2D eigenvalue weighted by Crippen LogP contribution is 2.19. The predicted molar refractivity (Wildman–Crippen MR) is 59.6 cm³/mol. The molecule has 2 aromatic rings. The van der Waals surface area contributed by atoms with Crippen LogP contribution in [0.2, 0.25) is 0 Å². The van der Waals surface area contributed by atoms with Crippen LogP contribution < -0.4 is 10.1 Å². The van der Waals surface area contributed by atoms with Crippen LogP contribution in [-0.4, -0.2) is 17.1 Å². The van der Waals surface area contributed by atoms with E-state index in [0.29, 0.717) is 5.88 Å². The zero-order valence-electron chi connectivity index (χ0n) is 8.74. The molecule has 78 valence electrons. The molecule has 0 bridgehead atoms. The van der Waals surface area contributed by atoms with Gasteiger partial charge in [-0.05, 0) is 19.1 Å². The molecule has 0 aliphatic carbocycles. The van der Waals surface area contributed by atoms with Crippen molar-refractivity contribution in [1.29, 1.82) is 0 Å².